The number of carbonyl (C=O) groups is 2. The number of H-pyrrole nitrogens is 1. The topological polar surface area (TPSA) is 113 Å². The lowest BCUT2D eigenvalue weighted by atomic mass is 10.0. The Morgan fingerprint density at radius 1 is 1.19 bits per heavy atom. The number of anilines is 1. The molecule has 11 heteroatoms. The quantitative estimate of drug-likeness (QED) is 0.308. The number of aromatic amines is 1. The van der Waals surface area contributed by atoms with Gasteiger partial charge in [0.25, 0.3) is 5.91 Å². The Balaban J connectivity index is 1.43. The molecule has 2 N–H and O–H groups in total. The van der Waals surface area contributed by atoms with Crippen molar-refractivity contribution >= 4 is 62.8 Å². The van der Waals surface area contributed by atoms with Gasteiger partial charge >= 0.3 is 5.97 Å². The average Bonchev–Trinajstić information content (AvgIpc) is 3.32. The van der Waals surface area contributed by atoms with Gasteiger partial charge in [-0.2, -0.15) is 0 Å². The summed E-state index contributed by atoms with van der Waals surface area (Å²) in [7, 11) is 0. The molecule has 5 rings (SSSR count). The normalized spacial score (nSPS) is 16.6. The van der Waals surface area contributed by atoms with Gasteiger partial charge in [0.05, 0.1) is 39.8 Å². The number of amides is 1. The molecular formula is C26H26Cl2N6O3. The monoisotopic (exact) mass is 540 g/mol. The van der Waals surface area contributed by atoms with Crippen molar-refractivity contribution < 1.29 is 14.3 Å². The molecule has 3 heterocycles. The minimum absolute atomic E-state index is 0.219. The number of piperidine rings is 1. The largest absolute Gasteiger partial charge is 0.464 e. The van der Waals surface area contributed by atoms with Gasteiger partial charge in [0, 0.05) is 17.0 Å². The molecule has 37 heavy (non-hydrogen) atoms. The summed E-state index contributed by atoms with van der Waals surface area (Å²) in [5.74, 6) is 0.575. The van der Waals surface area contributed by atoms with E-state index in [1.165, 1.54) is 6.33 Å². The number of imidazole rings is 1. The third kappa shape index (κ3) is 5.06. The zero-order valence-corrected chi connectivity index (χ0v) is 21.9. The molecule has 0 spiro atoms. The molecule has 1 fully saturated rings. The first-order chi connectivity index (χ1) is 17.9. The summed E-state index contributed by atoms with van der Waals surface area (Å²) in [5, 5.41) is 4.91. The van der Waals surface area contributed by atoms with E-state index in [4.69, 9.17) is 27.9 Å². The predicted molar refractivity (Wildman–Crippen MR) is 143 cm³/mol. The van der Waals surface area contributed by atoms with Gasteiger partial charge in [-0.1, -0.05) is 23.2 Å². The lowest BCUT2D eigenvalue weighted by Crippen LogP contribution is -2.48. The van der Waals surface area contributed by atoms with Crippen LogP contribution in [0.25, 0.3) is 21.9 Å². The van der Waals surface area contributed by atoms with Gasteiger partial charge in [-0.25, -0.2) is 19.7 Å². The van der Waals surface area contributed by atoms with Crippen molar-refractivity contribution in [2.75, 3.05) is 18.5 Å². The third-order valence-corrected chi connectivity index (χ3v) is 7.05. The fourth-order valence-corrected chi connectivity index (χ4v) is 5.07. The van der Waals surface area contributed by atoms with Gasteiger partial charge in [0.15, 0.2) is 0 Å². The fourth-order valence-electron chi connectivity index (χ4n) is 4.65. The molecule has 1 saturated heterocycles. The molecule has 2 aromatic carbocycles. The van der Waals surface area contributed by atoms with Crippen LogP contribution in [0, 0.1) is 0 Å². The molecule has 192 valence electrons. The van der Waals surface area contributed by atoms with E-state index in [-0.39, 0.29) is 35.1 Å². The van der Waals surface area contributed by atoms with E-state index in [9.17, 15) is 9.59 Å². The highest BCUT2D eigenvalue weighted by molar-refractivity contribution is 6.35. The third-order valence-electron chi connectivity index (χ3n) is 6.50. The summed E-state index contributed by atoms with van der Waals surface area (Å²) < 4.78 is 5.20. The minimum atomic E-state index is -0.616. The standard InChI is InChI=1S/C26H26Cl2N6O3/c1-3-37-26(36)22-6-4-5-9-34(22)25(35)16-12-20-17(11-18(16)28)24(30-13-29-20)31-14(2)23-32-19-8-7-15(27)10-21(19)33-23/h7-8,10-14,22H,3-6,9H2,1-2H3,(H,32,33)(H,29,30,31)/t14-,22-/m0/s1. The zero-order chi connectivity index (χ0) is 26.1. The van der Waals surface area contributed by atoms with Crippen molar-refractivity contribution in [3.8, 4) is 0 Å². The fraction of sp³-hybridized carbons (Fsp3) is 0.346. The van der Waals surface area contributed by atoms with E-state index < -0.39 is 6.04 Å². The number of fused-ring (bicyclic) bond motifs is 2. The number of carbonyl (C=O) groups excluding carboxylic acids is 2. The molecule has 1 aliphatic heterocycles. The zero-order valence-electron chi connectivity index (χ0n) is 20.4. The van der Waals surface area contributed by atoms with Crippen LogP contribution in [0.2, 0.25) is 10.0 Å². The van der Waals surface area contributed by atoms with E-state index in [0.29, 0.717) is 34.7 Å². The van der Waals surface area contributed by atoms with Gasteiger partial charge in [-0.15, -0.1) is 0 Å². The molecule has 0 saturated carbocycles. The number of nitrogens with one attached hydrogen (secondary N) is 2. The van der Waals surface area contributed by atoms with Gasteiger partial charge < -0.3 is 19.9 Å². The lowest BCUT2D eigenvalue weighted by molar-refractivity contribution is -0.149. The maximum Gasteiger partial charge on any atom is 0.328 e. The minimum Gasteiger partial charge on any atom is -0.464 e. The molecule has 0 aliphatic carbocycles. The van der Waals surface area contributed by atoms with E-state index in [2.05, 4.69) is 25.3 Å². The first-order valence-electron chi connectivity index (χ1n) is 12.2. The van der Waals surface area contributed by atoms with Crippen LogP contribution >= 0.6 is 23.2 Å². The Hall–Kier alpha value is -3.43. The Kier molecular flexibility index (Phi) is 7.17. The van der Waals surface area contributed by atoms with Crippen molar-refractivity contribution in [3.63, 3.8) is 0 Å². The Bertz CT molecular complexity index is 1490. The number of aromatic nitrogens is 4. The Morgan fingerprint density at radius 3 is 2.84 bits per heavy atom. The summed E-state index contributed by atoms with van der Waals surface area (Å²) in [6.45, 7) is 4.44. The molecule has 1 aliphatic rings. The van der Waals surface area contributed by atoms with Crippen molar-refractivity contribution in [2.45, 2.75) is 45.2 Å². The number of benzene rings is 2. The molecular weight excluding hydrogens is 515 g/mol. The molecule has 9 nitrogen and oxygen atoms in total. The van der Waals surface area contributed by atoms with E-state index in [0.717, 1.165) is 29.7 Å². The van der Waals surface area contributed by atoms with E-state index >= 15 is 0 Å². The summed E-state index contributed by atoms with van der Waals surface area (Å²) in [5.41, 5.74) is 2.50. The summed E-state index contributed by atoms with van der Waals surface area (Å²) in [6.07, 6.45) is 3.67. The van der Waals surface area contributed by atoms with Crippen molar-refractivity contribution in [2.24, 2.45) is 0 Å². The highest BCUT2D eigenvalue weighted by Gasteiger charge is 2.34. The number of likely N-dealkylation sites (tertiary alicyclic amines) is 1. The lowest BCUT2D eigenvalue weighted by Gasteiger charge is -2.34. The van der Waals surface area contributed by atoms with Gasteiger partial charge in [-0.05, 0) is 63.4 Å². The van der Waals surface area contributed by atoms with Crippen LogP contribution < -0.4 is 5.32 Å². The molecule has 0 unspecified atom stereocenters. The predicted octanol–water partition coefficient (Wildman–Crippen LogP) is 5.54. The van der Waals surface area contributed by atoms with Crippen molar-refractivity contribution in [1.82, 2.24) is 24.8 Å². The molecule has 0 bridgehead atoms. The summed E-state index contributed by atoms with van der Waals surface area (Å²) in [4.78, 5) is 44.2. The molecule has 4 aromatic rings. The number of rotatable bonds is 6. The van der Waals surface area contributed by atoms with Crippen molar-refractivity contribution in [3.05, 3.63) is 58.1 Å². The first kappa shape index (κ1) is 25.2. The second-order valence-electron chi connectivity index (χ2n) is 8.98. The van der Waals surface area contributed by atoms with Crippen LogP contribution in [-0.2, 0) is 9.53 Å². The molecule has 1 amide bonds. The number of nitrogens with zero attached hydrogens (tertiary/aromatic N) is 4. The number of halogens is 2. The van der Waals surface area contributed by atoms with Crippen LogP contribution in [0.1, 0.15) is 55.3 Å². The number of esters is 1. The van der Waals surface area contributed by atoms with Gasteiger partial charge in [-0.3, -0.25) is 4.79 Å². The van der Waals surface area contributed by atoms with E-state index in [1.807, 2.05) is 19.1 Å². The summed E-state index contributed by atoms with van der Waals surface area (Å²) >= 11 is 12.7. The Morgan fingerprint density at radius 2 is 2.03 bits per heavy atom. The molecule has 2 aromatic heterocycles. The summed E-state index contributed by atoms with van der Waals surface area (Å²) in [6, 6.07) is 7.98. The Labute approximate surface area is 223 Å². The highest BCUT2D eigenvalue weighted by atomic mass is 35.5. The van der Waals surface area contributed by atoms with Crippen LogP contribution in [-0.4, -0.2) is 55.9 Å². The van der Waals surface area contributed by atoms with Crippen LogP contribution in [0.4, 0.5) is 5.82 Å². The second-order valence-corrected chi connectivity index (χ2v) is 9.83. The van der Waals surface area contributed by atoms with Crippen LogP contribution in [0.15, 0.2) is 36.7 Å². The van der Waals surface area contributed by atoms with Gasteiger partial charge in [0.1, 0.15) is 24.0 Å². The number of ether oxygens (including phenoxy) is 1. The molecule has 2 atom stereocenters. The highest BCUT2D eigenvalue weighted by Crippen LogP contribution is 2.31. The molecule has 0 radical (unpaired) electrons. The van der Waals surface area contributed by atoms with E-state index in [1.54, 1.807) is 30.0 Å². The average molecular weight is 541 g/mol. The maximum absolute atomic E-state index is 13.5. The van der Waals surface area contributed by atoms with Gasteiger partial charge in [0.2, 0.25) is 0 Å². The SMILES string of the molecule is CCOC(=O)[C@@H]1CCCCN1C(=O)c1cc2ncnc(N[C@@H](C)c3nc4ccc(Cl)cc4[nH]3)c2cc1Cl. The van der Waals surface area contributed by atoms with Crippen molar-refractivity contribution in [1.29, 1.82) is 0 Å². The van der Waals surface area contributed by atoms with Crippen LogP contribution in [0.3, 0.4) is 0 Å². The number of hydrogen-bond donors (Lipinski definition) is 2. The second kappa shape index (κ2) is 10.5. The maximum atomic E-state index is 13.5. The smallest absolute Gasteiger partial charge is 0.328 e. The number of hydrogen-bond acceptors (Lipinski definition) is 7. The first-order valence-corrected chi connectivity index (χ1v) is 12.9. The van der Waals surface area contributed by atoms with Crippen LogP contribution in [0.5, 0.6) is 0 Å².